The minimum atomic E-state index is -4.35. The molecule has 0 aliphatic carbocycles. The van der Waals surface area contributed by atoms with Crippen LogP contribution in [0.25, 0.3) is 0 Å². The molecule has 0 saturated heterocycles. The normalized spacial score (nSPS) is 11.3. The lowest BCUT2D eigenvalue weighted by atomic mass is 10.0. The number of benzene rings is 3. The van der Waals surface area contributed by atoms with Crippen molar-refractivity contribution in [2.45, 2.75) is 39.3 Å². The predicted octanol–water partition coefficient (Wildman–Crippen LogP) is 6.73. The Bertz CT molecular complexity index is 1060. The lowest BCUT2D eigenvalue weighted by Gasteiger charge is -2.11. The van der Waals surface area contributed by atoms with E-state index in [1.165, 1.54) is 23.3 Å². The Labute approximate surface area is 186 Å². The van der Waals surface area contributed by atoms with E-state index in [0.29, 0.717) is 30.0 Å². The fourth-order valence-electron chi connectivity index (χ4n) is 3.40. The van der Waals surface area contributed by atoms with Crippen molar-refractivity contribution in [3.8, 4) is 11.5 Å². The molecule has 0 bridgehead atoms. The van der Waals surface area contributed by atoms with Gasteiger partial charge in [0.15, 0.2) is 0 Å². The van der Waals surface area contributed by atoms with Crippen LogP contribution in [0.4, 0.5) is 13.2 Å². The summed E-state index contributed by atoms with van der Waals surface area (Å²) in [4.78, 5) is 12.5. The topological polar surface area (TPSA) is 38.3 Å². The number of hydrogen-bond donors (Lipinski definition) is 1. The van der Waals surface area contributed by atoms with Gasteiger partial charge in [-0.2, -0.15) is 13.2 Å². The smallest absolute Gasteiger partial charge is 0.416 e. The quantitative estimate of drug-likeness (QED) is 0.421. The summed E-state index contributed by atoms with van der Waals surface area (Å²) in [7, 11) is 0. The number of rotatable bonds is 8. The molecule has 6 heteroatoms. The molecule has 0 fully saturated rings. The summed E-state index contributed by atoms with van der Waals surface area (Å²) in [6.07, 6.45) is -1.81. The molecule has 0 aliphatic heterocycles. The van der Waals surface area contributed by atoms with E-state index in [1.54, 1.807) is 24.3 Å². The second-order valence-electron chi connectivity index (χ2n) is 7.67. The van der Waals surface area contributed by atoms with Crippen LogP contribution in [-0.4, -0.2) is 12.5 Å². The van der Waals surface area contributed by atoms with Crippen LogP contribution in [0.15, 0.2) is 66.7 Å². The molecule has 1 N–H and O–H groups in total. The Hall–Kier alpha value is -3.28. The van der Waals surface area contributed by atoms with E-state index in [0.717, 1.165) is 30.5 Å². The predicted molar refractivity (Wildman–Crippen MR) is 119 cm³/mol. The van der Waals surface area contributed by atoms with Crippen molar-refractivity contribution in [1.82, 2.24) is 5.32 Å². The second kappa shape index (κ2) is 10.4. The van der Waals surface area contributed by atoms with Crippen molar-refractivity contribution in [2.75, 3.05) is 6.54 Å². The zero-order chi connectivity index (χ0) is 23.1. The molecule has 1 amide bonds. The van der Waals surface area contributed by atoms with Crippen molar-refractivity contribution in [3.05, 3.63) is 94.5 Å². The lowest BCUT2D eigenvalue weighted by Crippen LogP contribution is -2.25. The molecule has 3 nitrogen and oxygen atoms in total. The van der Waals surface area contributed by atoms with Crippen molar-refractivity contribution in [2.24, 2.45) is 0 Å². The van der Waals surface area contributed by atoms with Crippen LogP contribution in [0.3, 0.4) is 0 Å². The van der Waals surface area contributed by atoms with Crippen molar-refractivity contribution in [3.63, 3.8) is 0 Å². The van der Waals surface area contributed by atoms with Gasteiger partial charge in [-0.1, -0.05) is 37.6 Å². The summed E-state index contributed by atoms with van der Waals surface area (Å²) in [6, 6.07) is 17.8. The van der Waals surface area contributed by atoms with E-state index in [9.17, 15) is 18.0 Å². The number of carbonyl (C=O) groups excluding carboxylic acids is 1. The number of nitrogens with one attached hydrogen (secondary N) is 1. The third-order valence-electron chi connectivity index (χ3n) is 5.15. The number of hydrogen-bond acceptors (Lipinski definition) is 2. The first-order valence-corrected chi connectivity index (χ1v) is 10.6. The fourth-order valence-corrected chi connectivity index (χ4v) is 3.40. The number of carbonyl (C=O) groups is 1. The average Bonchev–Trinajstić information content (AvgIpc) is 2.75. The van der Waals surface area contributed by atoms with Crippen LogP contribution >= 0.6 is 0 Å². The highest BCUT2D eigenvalue weighted by atomic mass is 19.4. The van der Waals surface area contributed by atoms with E-state index in [-0.39, 0.29) is 5.91 Å². The maximum atomic E-state index is 12.6. The first kappa shape index (κ1) is 23.4. The molecule has 0 heterocycles. The highest BCUT2D eigenvalue weighted by molar-refractivity contribution is 5.94. The number of ether oxygens (including phenoxy) is 1. The summed E-state index contributed by atoms with van der Waals surface area (Å²) < 4.78 is 43.8. The largest absolute Gasteiger partial charge is 0.457 e. The third kappa shape index (κ3) is 6.36. The van der Waals surface area contributed by atoms with Crippen molar-refractivity contribution in [1.29, 1.82) is 0 Å². The Kier molecular flexibility index (Phi) is 7.57. The third-order valence-corrected chi connectivity index (χ3v) is 5.15. The van der Waals surface area contributed by atoms with Gasteiger partial charge < -0.3 is 10.1 Å². The number of aryl methyl sites for hydroxylation is 2. The van der Waals surface area contributed by atoms with Crippen LogP contribution in [-0.2, 0) is 19.0 Å². The van der Waals surface area contributed by atoms with Crippen molar-refractivity contribution >= 4 is 5.91 Å². The van der Waals surface area contributed by atoms with Gasteiger partial charge in [0.05, 0.1) is 5.56 Å². The van der Waals surface area contributed by atoms with Gasteiger partial charge in [-0.05, 0) is 78.9 Å². The molecule has 0 aromatic heterocycles. The van der Waals surface area contributed by atoms with Crippen LogP contribution in [0.2, 0.25) is 0 Å². The zero-order valence-electron chi connectivity index (χ0n) is 18.1. The average molecular weight is 441 g/mol. The molecule has 0 unspecified atom stereocenters. The van der Waals surface area contributed by atoms with Gasteiger partial charge >= 0.3 is 6.18 Å². The summed E-state index contributed by atoms with van der Waals surface area (Å²) in [5.41, 5.74) is 2.95. The first-order valence-electron chi connectivity index (χ1n) is 10.6. The first-order chi connectivity index (χ1) is 15.3. The highest BCUT2D eigenvalue weighted by Crippen LogP contribution is 2.29. The van der Waals surface area contributed by atoms with E-state index in [4.69, 9.17) is 4.74 Å². The molecule has 168 valence electrons. The Morgan fingerprint density at radius 2 is 1.66 bits per heavy atom. The van der Waals surface area contributed by atoms with E-state index < -0.39 is 11.7 Å². The van der Waals surface area contributed by atoms with Crippen molar-refractivity contribution < 1.29 is 22.7 Å². The molecule has 3 aromatic carbocycles. The zero-order valence-corrected chi connectivity index (χ0v) is 18.1. The van der Waals surface area contributed by atoms with Gasteiger partial charge in [0, 0.05) is 12.1 Å². The van der Waals surface area contributed by atoms with Crippen LogP contribution < -0.4 is 10.1 Å². The molecule has 32 heavy (non-hydrogen) atoms. The SMILES string of the molecule is CCCc1ccc(Oc2cccc(C(=O)NCCc3ccc(C(F)(F)F)cc3)c2)cc1C. The van der Waals surface area contributed by atoms with Crippen LogP contribution in [0.1, 0.15) is 46.0 Å². The van der Waals surface area contributed by atoms with E-state index in [2.05, 4.69) is 25.2 Å². The minimum Gasteiger partial charge on any atom is -0.457 e. The standard InChI is InChI=1S/C26H26F3NO2/c1-3-5-20-10-13-24(16-18(20)2)32-23-7-4-6-21(17-23)25(31)30-15-14-19-8-11-22(12-9-19)26(27,28)29/h4,6-13,16-17H,3,5,14-15H2,1-2H3,(H,30,31). The molecule has 0 spiro atoms. The van der Waals surface area contributed by atoms with E-state index in [1.807, 2.05) is 12.1 Å². The molecular weight excluding hydrogens is 415 g/mol. The van der Waals surface area contributed by atoms with Crippen LogP contribution in [0.5, 0.6) is 11.5 Å². The molecule has 0 aliphatic rings. The summed E-state index contributed by atoms with van der Waals surface area (Å²) in [5, 5.41) is 2.80. The molecule has 3 rings (SSSR count). The Morgan fingerprint density at radius 1 is 0.938 bits per heavy atom. The van der Waals surface area contributed by atoms with E-state index >= 15 is 0 Å². The minimum absolute atomic E-state index is 0.267. The monoisotopic (exact) mass is 441 g/mol. The fraction of sp³-hybridized carbons (Fsp3) is 0.269. The van der Waals surface area contributed by atoms with Crippen LogP contribution in [0, 0.1) is 6.92 Å². The number of halogens is 3. The van der Waals surface area contributed by atoms with Gasteiger partial charge in [0.1, 0.15) is 11.5 Å². The summed E-state index contributed by atoms with van der Waals surface area (Å²) in [5.74, 6) is 1.00. The van der Waals surface area contributed by atoms with Gasteiger partial charge in [-0.15, -0.1) is 0 Å². The summed E-state index contributed by atoms with van der Waals surface area (Å²) in [6.45, 7) is 4.51. The maximum Gasteiger partial charge on any atom is 0.416 e. The maximum absolute atomic E-state index is 12.6. The Balaban J connectivity index is 1.56. The summed E-state index contributed by atoms with van der Waals surface area (Å²) >= 11 is 0. The number of amides is 1. The lowest BCUT2D eigenvalue weighted by molar-refractivity contribution is -0.137. The van der Waals surface area contributed by atoms with Gasteiger partial charge in [-0.25, -0.2) is 0 Å². The van der Waals surface area contributed by atoms with Gasteiger partial charge in [-0.3, -0.25) is 4.79 Å². The van der Waals surface area contributed by atoms with Gasteiger partial charge in [0.2, 0.25) is 0 Å². The Morgan fingerprint density at radius 3 is 2.31 bits per heavy atom. The molecule has 3 aromatic rings. The molecule has 0 atom stereocenters. The highest BCUT2D eigenvalue weighted by Gasteiger charge is 2.29. The molecule has 0 saturated carbocycles. The van der Waals surface area contributed by atoms with Gasteiger partial charge in [0.25, 0.3) is 5.91 Å². The number of alkyl halides is 3. The molecular formula is C26H26F3NO2. The molecule has 0 radical (unpaired) electrons. The second-order valence-corrected chi connectivity index (χ2v) is 7.67.